The molecule has 5 heteroatoms. The van der Waals surface area contributed by atoms with Crippen LogP contribution in [-0.2, 0) is 0 Å². The standard InChI is InChI=1S/C48H28N4S/c1-2-10-31(11-3-1)51-41-16-8-6-12-33(41)37-27-38-44(28-43(37)51)53-48-35-14-5-4-13-34(35)47-45(46(38)48)36-15-7-9-17-42(36)52(47)32-21-18-29(19-22-32)30-20-23-39-40(26-30)50-25-24-49-39/h1-28H. The van der Waals surface area contributed by atoms with E-state index in [4.69, 9.17) is 0 Å². The van der Waals surface area contributed by atoms with E-state index in [1.807, 2.05) is 17.4 Å². The van der Waals surface area contributed by atoms with Gasteiger partial charge in [0, 0.05) is 76.3 Å². The molecule has 4 heterocycles. The van der Waals surface area contributed by atoms with Crippen molar-refractivity contribution in [1.82, 2.24) is 19.1 Å². The molecule has 0 saturated heterocycles. The first-order valence-corrected chi connectivity index (χ1v) is 18.7. The van der Waals surface area contributed by atoms with Gasteiger partial charge in [-0.15, -0.1) is 11.3 Å². The summed E-state index contributed by atoms with van der Waals surface area (Å²) in [6, 6.07) is 57.6. The number of benzene rings is 8. The first-order valence-electron chi connectivity index (χ1n) is 17.9. The van der Waals surface area contributed by atoms with Crippen molar-refractivity contribution in [2.24, 2.45) is 0 Å². The first-order chi connectivity index (χ1) is 26.3. The van der Waals surface area contributed by atoms with Crippen LogP contribution in [0.1, 0.15) is 0 Å². The summed E-state index contributed by atoms with van der Waals surface area (Å²) in [6.07, 6.45) is 3.49. The maximum absolute atomic E-state index is 4.54. The highest BCUT2D eigenvalue weighted by Crippen LogP contribution is 2.49. The van der Waals surface area contributed by atoms with Crippen molar-refractivity contribution < 1.29 is 0 Å². The Morgan fingerprint density at radius 1 is 0.396 bits per heavy atom. The maximum atomic E-state index is 4.54. The molecule has 0 radical (unpaired) electrons. The normalized spacial score (nSPS) is 12.2. The predicted octanol–water partition coefficient (Wildman–Crippen LogP) is 13.0. The monoisotopic (exact) mass is 692 g/mol. The second-order valence-corrected chi connectivity index (χ2v) is 14.8. The number of hydrogen-bond donors (Lipinski definition) is 0. The van der Waals surface area contributed by atoms with Crippen molar-refractivity contribution >= 4 is 96.9 Å². The van der Waals surface area contributed by atoms with E-state index in [2.05, 4.69) is 171 Å². The molecule has 8 aromatic carbocycles. The average Bonchev–Trinajstić information content (AvgIpc) is 3.88. The Morgan fingerprint density at radius 2 is 1.04 bits per heavy atom. The van der Waals surface area contributed by atoms with Crippen molar-refractivity contribution in [2.45, 2.75) is 0 Å². The molecule has 0 atom stereocenters. The molecule has 4 nitrogen and oxygen atoms in total. The van der Waals surface area contributed by atoms with Crippen LogP contribution in [0.15, 0.2) is 170 Å². The molecular formula is C48H28N4S. The van der Waals surface area contributed by atoms with Crippen LogP contribution < -0.4 is 0 Å². The molecule has 53 heavy (non-hydrogen) atoms. The van der Waals surface area contributed by atoms with E-state index in [1.54, 1.807) is 12.4 Å². The molecule has 246 valence electrons. The Morgan fingerprint density at radius 3 is 1.85 bits per heavy atom. The molecular weight excluding hydrogens is 665 g/mol. The lowest BCUT2D eigenvalue weighted by Crippen LogP contribution is -1.94. The van der Waals surface area contributed by atoms with E-state index in [9.17, 15) is 0 Å². The lowest BCUT2D eigenvalue weighted by atomic mass is 9.99. The third kappa shape index (κ3) is 4.05. The molecule has 0 amide bonds. The van der Waals surface area contributed by atoms with E-state index in [1.165, 1.54) is 80.2 Å². The van der Waals surface area contributed by atoms with Crippen molar-refractivity contribution in [3.63, 3.8) is 0 Å². The molecule has 0 spiro atoms. The van der Waals surface area contributed by atoms with E-state index >= 15 is 0 Å². The zero-order valence-corrected chi connectivity index (χ0v) is 29.2. The lowest BCUT2D eigenvalue weighted by molar-refractivity contribution is 1.18. The Labute approximate surface area is 307 Å². The number of thiophene rings is 1. The predicted molar refractivity (Wildman–Crippen MR) is 224 cm³/mol. The fourth-order valence-electron chi connectivity index (χ4n) is 8.70. The van der Waals surface area contributed by atoms with Crippen LogP contribution in [-0.4, -0.2) is 19.1 Å². The van der Waals surface area contributed by atoms with Gasteiger partial charge in [0.1, 0.15) is 0 Å². The van der Waals surface area contributed by atoms with E-state index in [-0.39, 0.29) is 0 Å². The van der Waals surface area contributed by atoms with Crippen molar-refractivity contribution in [3.05, 3.63) is 170 Å². The number of para-hydroxylation sites is 3. The minimum Gasteiger partial charge on any atom is -0.309 e. The second-order valence-electron chi connectivity index (χ2n) is 13.8. The number of fused-ring (bicyclic) bond motifs is 14. The SMILES string of the molecule is c1ccc(-n2c3ccccc3c3cc4c(cc32)sc2c3ccccc3c3c(c5ccccc5n3-c3ccc(-c5ccc6nccnc6c5)cc3)c42)cc1. The van der Waals surface area contributed by atoms with Gasteiger partial charge in [-0.3, -0.25) is 9.97 Å². The molecule has 0 aliphatic heterocycles. The van der Waals surface area contributed by atoms with Gasteiger partial charge in [-0.05, 0) is 71.8 Å². The van der Waals surface area contributed by atoms with Gasteiger partial charge in [0.2, 0.25) is 0 Å². The molecule has 0 saturated carbocycles. The Kier molecular flexibility index (Phi) is 5.90. The maximum Gasteiger partial charge on any atom is 0.0892 e. The molecule has 0 bridgehead atoms. The highest BCUT2D eigenvalue weighted by molar-refractivity contribution is 7.27. The van der Waals surface area contributed by atoms with Crippen LogP contribution >= 0.6 is 11.3 Å². The van der Waals surface area contributed by atoms with Gasteiger partial charge in [0.25, 0.3) is 0 Å². The summed E-state index contributed by atoms with van der Waals surface area (Å²) >= 11 is 1.92. The molecule has 0 aliphatic carbocycles. The minimum atomic E-state index is 0.900. The summed E-state index contributed by atoms with van der Waals surface area (Å²) in [5.41, 5.74) is 11.3. The molecule has 0 N–H and O–H groups in total. The lowest BCUT2D eigenvalue weighted by Gasteiger charge is -2.12. The van der Waals surface area contributed by atoms with Crippen molar-refractivity contribution in [3.8, 4) is 22.5 Å². The van der Waals surface area contributed by atoms with Gasteiger partial charge in [-0.25, -0.2) is 0 Å². The van der Waals surface area contributed by atoms with Crippen LogP contribution in [0.2, 0.25) is 0 Å². The topological polar surface area (TPSA) is 35.6 Å². The third-order valence-electron chi connectivity index (χ3n) is 11.0. The zero-order chi connectivity index (χ0) is 34.6. The molecule has 0 fully saturated rings. The Hall–Kier alpha value is -6.82. The van der Waals surface area contributed by atoms with Crippen LogP contribution in [0.4, 0.5) is 0 Å². The smallest absolute Gasteiger partial charge is 0.0892 e. The van der Waals surface area contributed by atoms with E-state index < -0.39 is 0 Å². The van der Waals surface area contributed by atoms with Gasteiger partial charge in [0.05, 0.1) is 33.1 Å². The second kappa shape index (κ2) is 10.8. The Balaban J connectivity index is 1.17. The van der Waals surface area contributed by atoms with Crippen LogP contribution in [0, 0.1) is 0 Å². The molecule has 0 unspecified atom stereocenters. The largest absolute Gasteiger partial charge is 0.309 e. The number of nitrogens with zero attached hydrogens (tertiary/aromatic N) is 4. The molecule has 0 aliphatic rings. The fourth-order valence-corrected chi connectivity index (χ4v) is 9.97. The third-order valence-corrected chi connectivity index (χ3v) is 12.2. The van der Waals surface area contributed by atoms with Gasteiger partial charge < -0.3 is 9.13 Å². The van der Waals surface area contributed by atoms with Gasteiger partial charge >= 0.3 is 0 Å². The number of aromatic nitrogens is 4. The average molecular weight is 693 g/mol. The molecule has 4 aromatic heterocycles. The minimum absolute atomic E-state index is 0.900. The summed E-state index contributed by atoms with van der Waals surface area (Å²) in [5, 5.41) is 10.3. The Bertz CT molecular complexity index is 3440. The molecule has 12 rings (SSSR count). The van der Waals surface area contributed by atoms with Crippen LogP contribution in [0.3, 0.4) is 0 Å². The molecule has 12 aromatic rings. The van der Waals surface area contributed by atoms with Crippen LogP contribution in [0.25, 0.3) is 108 Å². The van der Waals surface area contributed by atoms with Gasteiger partial charge in [-0.1, -0.05) is 97.1 Å². The zero-order valence-electron chi connectivity index (χ0n) is 28.4. The van der Waals surface area contributed by atoms with Gasteiger partial charge in [0.15, 0.2) is 0 Å². The quantitative estimate of drug-likeness (QED) is 0.185. The van der Waals surface area contributed by atoms with Gasteiger partial charge in [-0.2, -0.15) is 0 Å². The highest BCUT2D eigenvalue weighted by atomic mass is 32.1. The fraction of sp³-hybridized carbons (Fsp3) is 0. The van der Waals surface area contributed by atoms with E-state index in [0.717, 1.165) is 27.8 Å². The summed E-state index contributed by atoms with van der Waals surface area (Å²) in [5.74, 6) is 0. The van der Waals surface area contributed by atoms with Crippen LogP contribution in [0.5, 0.6) is 0 Å². The van der Waals surface area contributed by atoms with E-state index in [0.29, 0.717) is 0 Å². The first kappa shape index (κ1) is 28.8. The summed E-state index contributed by atoms with van der Waals surface area (Å²) in [6.45, 7) is 0. The summed E-state index contributed by atoms with van der Waals surface area (Å²) in [4.78, 5) is 9.00. The highest BCUT2D eigenvalue weighted by Gasteiger charge is 2.23. The number of hydrogen-bond acceptors (Lipinski definition) is 3. The van der Waals surface area contributed by atoms with Crippen molar-refractivity contribution in [2.75, 3.05) is 0 Å². The number of rotatable bonds is 3. The van der Waals surface area contributed by atoms with Crippen molar-refractivity contribution in [1.29, 1.82) is 0 Å². The summed E-state index contributed by atoms with van der Waals surface area (Å²) in [7, 11) is 0. The summed E-state index contributed by atoms with van der Waals surface area (Å²) < 4.78 is 7.53.